The highest BCUT2D eigenvalue weighted by Crippen LogP contribution is 2.36. The lowest BCUT2D eigenvalue weighted by molar-refractivity contribution is -0.115. The molecule has 0 unspecified atom stereocenters. The Morgan fingerprint density at radius 1 is 1.06 bits per heavy atom. The zero-order chi connectivity index (χ0) is 12.3. The first kappa shape index (κ1) is 13.1. The predicted molar refractivity (Wildman–Crippen MR) is 63.2 cm³/mol. The van der Waals surface area contributed by atoms with E-state index in [9.17, 15) is 4.79 Å². The van der Waals surface area contributed by atoms with Crippen molar-refractivity contribution >= 4 is 29.0 Å². The fourth-order valence-corrected chi connectivity index (χ4v) is 1.72. The van der Waals surface area contributed by atoms with E-state index in [2.05, 4.69) is 6.58 Å². The molecule has 5 heteroatoms. The fraction of sp³-hybridized carbons (Fsp3) is 0.364. The molecule has 0 heterocycles. The minimum Gasteiger partial charge on any atom is -0.491 e. The van der Waals surface area contributed by atoms with E-state index in [0.717, 1.165) is 0 Å². The van der Waals surface area contributed by atoms with Gasteiger partial charge in [-0.2, -0.15) is 0 Å². The molecule has 0 saturated heterocycles. The number of allylic oxidation sites excluding steroid dienone is 2. The van der Waals surface area contributed by atoms with Crippen LogP contribution in [0.3, 0.4) is 0 Å². The molecule has 0 radical (unpaired) electrons. The van der Waals surface area contributed by atoms with Gasteiger partial charge < -0.3 is 9.47 Å². The highest BCUT2D eigenvalue weighted by atomic mass is 35.5. The second kappa shape index (κ2) is 5.41. The van der Waals surface area contributed by atoms with Crippen LogP contribution in [0.5, 0.6) is 0 Å². The molecule has 0 bridgehead atoms. The van der Waals surface area contributed by atoms with E-state index >= 15 is 0 Å². The Labute approximate surface area is 104 Å². The molecule has 0 atom stereocenters. The molecule has 1 aliphatic rings. The molecule has 0 aromatic carbocycles. The van der Waals surface area contributed by atoms with Gasteiger partial charge in [-0.05, 0) is 13.8 Å². The van der Waals surface area contributed by atoms with Gasteiger partial charge in [-0.3, -0.25) is 4.79 Å². The van der Waals surface area contributed by atoms with Crippen molar-refractivity contribution in [2.24, 2.45) is 0 Å². The molecule has 0 fully saturated rings. The van der Waals surface area contributed by atoms with Crippen molar-refractivity contribution in [3.8, 4) is 0 Å². The molecular weight excluding hydrogens is 251 g/mol. The number of rotatable bonds is 4. The maximum atomic E-state index is 11.8. The molecule has 88 valence electrons. The summed E-state index contributed by atoms with van der Waals surface area (Å²) in [5.74, 6) is -0.213. The van der Waals surface area contributed by atoms with E-state index < -0.39 is 5.78 Å². The standard InChI is InChI=1S/C11H12Cl2O3/c1-4-15-10-6(3)7(12)11(16-5-2)9(14)8(10)13/h3-5H2,1-2H3. The molecule has 0 aromatic rings. The summed E-state index contributed by atoms with van der Waals surface area (Å²) in [6.45, 7) is 7.97. The molecule has 0 spiro atoms. The normalized spacial score (nSPS) is 17.0. The number of ether oxygens (including phenoxy) is 2. The van der Waals surface area contributed by atoms with Crippen LogP contribution < -0.4 is 0 Å². The Hall–Kier alpha value is -0.930. The molecule has 0 N–H and O–H groups in total. The summed E-state index contributed by atoms with van der Waals surface area (Å²) in [6.07, 6.45) is 0. The molecule has 0 amide bonds. The molecular formula is C11H12Cl2O3. The van der Waals surface area contributed by atoms with Gasteiger partial charge in [-0.15, -0.1) is 0 Å². The van der Waals surface area contributed by atoms with Gasteiger partial charge in [-0.1, -0.05) is 29.8 Å². The summed E-state index contributed by atoms with van der Waals surface area (Å²) in [5.41, 5.74) is 0.372. The summed E-state index contributed by atoms with van der Waals surface area (Å²) in [6, 6.07) is 0. The molecule has 0 saturated carbocycles. The van der Waals surface area contributed by atoms with Crippen molar-refractivity contribution in [1.29, 1.82) is 0 Å². The van der Waals surface area contributed by atoms with Gasteiger partial charge in [0, 0.05) is 5.57 Å². The second-order valence-electron chi connectivity index (χ2n) is 2.96. The smallest absolute Gasteiger partial charge is 0.244 e. The van der Waals surface area contributed by atoms with E-state index in [0.29, 0.717) is 18.8 Å². The van der Waals surface area contributed by atoms with Crippen LogP contribution in [0, 0.1) is 0 Å². The van der Waals surface area contributed by atoms with E-state index in [1.165, 1.54) is 0 Å². The van der Waals surface area contributed by atoms with E-state index in [4.69, 9.17) is 32.7 Å². The summed E-state index contributed by atoms with van der Waals surface area (Å²) >= 11 is 11.8. The van der Waals surface area contributed by atoms with Crippen LogP contribution in [0.4, 0.5) is 0 Å². The lowest BCUT2D eigenvalue weighted by atomic mass is 10.1. The minimum absolute atomic E-state index is 0.0302. The Bertz CT molecular complexity index is 356. The van der Waals surface area contributed by atoms with Crippen molar-refractivity contribution in [2.75, 3.05) is 13.2 Å². The summed E-state index contributed by atoms with van der Waals surface area (Å²) < 4.78 is 10.4. The molecule has 0 aliphatic heterocycles. The predicted octanol–water partition coefficient (Wildman–Crippen LogP) is 3.10. The second-order valence-corrected chi connectivity index (χ2v) is 3.72. The molecule has 1 aliphatic carbocycles. The maximum Gasteiger partial charge on any atom is 0.244 e. The van der Waals surface area contributed by atoms with Gasteiger partial charge in [0.1, 0.15) is 10.8 Å². The lowest BCUT2D eigenvalue weighted by Gasteiger charge is -2.20. The highest BCUT2D eigenvalue weighted by molar-refractivity contribution is 6.48. The SMILES string of the molecule is C=C1C(Cl)=C(OCC)C(=O)C(Cl)=C1OCC. The molecule has 1 rings (SSSR count). The van der Waals surface area contributed by atoms with Crippen LogP contribution in [0.1, 0.15) is 13.8 Å². The molecule has 0 aromatic heterocycles. The van der Waals surface area contributed by atoms with Crippen molar-refractivity contribution in [3.05, 3.63) is 33.7 Å². The third-order valence-corrected chi connectivity index (χ3v) is 2.66. The van der Waals surface area contributed by atoms with E-state index in [-0.39, 0.29) is 21.6 Å². The number of carbonyl (C=O) groups is 1. The highest BCUT2D eigenvalue weighted by Gasteiger charge is 2.31. The quantitative estimate of drug-likeness (QED) is 0.781. The topological polar surface area (TPSA) is 35.5 Å². The van der Waals surface area contributed by atoms with Crippen molar-refractivity contribution < 1.29 is 14.3 Å². The molecule has 3 nitrogen and oxygen atoms in total. The van der Waals surface area contributed by atoms with Crippen molar-refractivity contribution in [1.82, 2.24) is 0 Å². The summed E-state index contributed by atoms with van der Waals surface area (Å²) in [4.78, 5) is 11.8. The van der Waals surface area contributed by atoms with E-state index in [1.807, 2.05) is 0 Å². The maximum absolute atomic E-state index is 11.8. The average Bonchev–Trinajstić information content (AvgIpc) is 2.28. The molecule has 16 heavy (non-hydrogen) atoms. The van der Waals surface area contributed by atoms with Gasteiger partial charge in [0.2, 0.25) is 5.78 Å². The number of ketones is 1. The zero-order valence-corrected chi connectivity index (χ0v) is 10.6. The van der Waals surface area contributed by atoms with Crippen molar-refractivity contribution in [2.45, 2.75) is 13.8 Å². The van der Waals surface area contributed by atoms with Gasteiger partial charge in [0.15, 0.2) is 5.76 Å². The van der Waals surface area contributed by atoms with Crippen LogP contribution >= 0.6 is 23.2 Å². The summed E-state index contributed by atoms with van der Waals surface area (Å²) in [7, 11) is 0. The van der Waals surface area contributed by atoms with Crippen LogP contribution in [-0.2, 0) is 14.3 Å². The van der Waals surface area contributed by atoms with E-state index in [1.54, 1.807) is 13.8 Å². The Kier molecular flexibility index (Phi) is 4.44. The first-order valence-electron chi connectivity index (χ1n) is 4.84. The van der Waals surface area contributed by atoms with Crippen LogP contribution in [0.2, 0.25) is 0 Å². The fourth-order valence-electron chi connectivity index (χ4n) is 1.24. The first-order valence-corrected chi connectivity index (χ1v) is 5.59. The van der Waals surface area contributed by atoms with Crippen molar-refractivity contribution in [3.63, 3.8) is 0 Å². The third-order valence-electron chi connectivity index (χ3n) is 1.92. The third kappa shape index (κ3) is 2.25. The zero-order valence-electron chi connectivity index (χ0n) is 9.10. The number of hydrogen-bond donors (Lipinski definition) is 0. The van der Waals surface area contributed by atoms with Gasteiger partial charge >= 0.3 is 0 Å². The van der Waals surface area contributed by atoms with Crippen LogP contribution in [-0.4, -0.2) is 19.0 Å². The number of halogens is 2. The monoisotopic (exact) mass is 262 g/mol. The van der Waals surface area contributed by atoms with Gasteiger partial charge in [0.25, 0.3) is 0 Å². The Morgan fingerprint density at radius 3 is 2.06 bits per heavy atom. The Morgan fingerprint density at radius 2 is 1.56 bits per heavy atom. The largest absolute Gasteiger partial charge is 0.491 e. The number of carbonyl (C=O) groups excluding carboxylic acids is 1. The average molecular weight is 263 g/mol. The lowest BCUT2D eigenvalue weighted by Crippen LogP contribution is -2.17. The first-order chi connectivity index (χ1) is 7.54. The van der Waals surface area contributed by atoms with Crippen LogP contribution in [0.25, 0.3) is 0 Å². The number of Topliss-reactive ketones (excluding diaryl/α,β-unsaturated/α-hetero) is 1. The Balaban J connectivity index is 3.15. The van der Waals surface area contributed by atoms with Gasteiger partial charge in [0.05, 0.1) is 18.2 Å². The van der Waals surface area contributed by atoms with Crippen LogP contribution in [0.15, 0.2) is 33.7 Å². The number of hydrogen-bond acceptors (Lipinski definition) is 3. The minimum atomic E-state index is -0.468. The van der Waals surface area contributed by atoms with Gasteiger partial charge in [-0.25, -0.2) is 0 Å². The summed E-state index contributed by atoms with van der Waals surface area (Å²) in [5, 5.41) is 0.111.